The van der Waals surface area contributed by atoms with Gasteiger partial charge in [0, 0.05) is 46.8 Å². The minimum atomic E-state index is 0. The molecule has 0 aromatic heterocycles. The highest BCUT2D eigenvalue weighted by Gasteiger charge is 2.25. The number of likely N-dealkylation sites (N-methyl/N-ethyl adjacent to an activating group) is 1. The summed E-state index contributed by atoms with van der Waals surface area (Å²) in [5.74, 6) is 1.33. The number of nitrogens with zero attached hydrogens (tertiary/aromatic N) is 3. The largest absolute Gasteiger partial charge is 0.382 e. The van der Waals surface area contributed by atoms with Crippen molar-refractivity contribution in [2.75, 3.05) is 67.2 Å². The number of aliphatic imine (C=N–C) groups is 1. The zero-order chi connectivity index (χ0) is 16.4. The fourth-order valence-corrected chi connectivity index (χ4v) is 2.26. The number of rotatable bonds is 8. The van der Waals surface area contributed by atoms with Crippen LogP contribution in [0.25, 0.3) is 0 Å². The van der Waals surface area contributed by atoms with E-state index in [9.17, 15) is 4.79 Å². The van der Waals surface area contributed by atoms with E-state index in [-0.39, 0.29) is 36.4 Å². The van der Waals surface area contributed by atoms with Crippen molar-refractivity contribution in [2.24, 2.45) is 10.9 Å². The Labute approximate surface area is 156 Å². The van der Waals surface area contributed by atoms with E-state index in [1.54, 1.807) is 26.1 Å². The molecule has 1 atom stereocenters. The number of halogens is 1. The molecule has 1 saturated heterocycles. The second kappa shape index (κ2) is 12.8. The Kier molecular flexibility index (Phi) is 12.4. The molecule has 1 unspecified atom stereocenters. The summed E-state index contributed by atoms with van der Waals surface area (Å²) in [6, 6.07) is 0. The lowest BCUT2D eigenvalue weighted by molar-refractivity contribution is -0.127. The second-order valence-electron chi connectivity index (χ2n) is 5.63. The van der Waals surface area contributed by atoms with Gasteiger partial charge in [0.05, 0.1) is 19.8 Å². The molecule has 0 bridgehead atoms. The fraction of sp³-hybridized carbons (Fsp3) is 0.867. The number of methoxy groups -OCH3 is 1. The van der Waals surface area contributed by atoms with Crippen LogP contribution in [0.4, 0.5) is 0 Å². The lowest BCUT2D eigenvalue weighted by atomic mass is 10.1. The third kappa shape index (κ3) is 8.71. The Balaban J connectivity index is 0.00000484. The highest BCUT2D eigenvalue weighted by Crippen LogP contribution is 2.16. The summed E-state index contributed by atoms with van der Waals surface area (Å²) in [5.41, 5.74) is 0. The highest BCUT2D eigenvalue weighted by molar-refractivity contribution is 14.0. The Morgan fingerprint density at radius 1 is 1.39 bits per heavy atom. The number of ether oxygens (including phenoxy) is 2. The summed E-state index contributed by atoms with van der Waals surface area (Å²) in [6.45, 7) is 6.88. The molecule has 1 fully saturated rings. The predicted molar refractivity (Wildman–Crippen MR) is 102 cm³/mol. The maximum Gasteiger partial charge on any atom is 0.243 e. The summed E-state index contributed by atoms with van der Waals surface area (Å²) in [6.07, 6.45) is 1.08. The van der Waals surface area contributed by atoms with Gasteiger partial charge in [0.25, 0.3) is 0 Å². The molecule has 136 valence electrons. The zero-order valence-electron chi connectivity index (χ0n) is 14.7. The zero-order valence-corrected chi connectivity index (χ0v) is 17.0. The van der Waals surface area contributed by atoms with Gasteiger partial charge in [-0.05, 0) is 13.3 Å². The Hall–Kier alpha value is -0.610. The smallest absolute Gasteiger partial charge is 0.243 e. The number of guanidine groups is 1. The first-order chi connectivity index (χ1) is 10.6. The molecule has 0 radical (unpaired) electrons. The van der Waals surface area contributed by atoms with Gasteiger partial charge in [0.1, 0.15) is 6.54 Å². The van der Waals surface area contributed by atoms with E-state index in [4.69, 9.17) is 9.47 Å². The van der Waals surface area contributed by atoms with Crippen molar-refractivity contribution in [3.05, 3.63) is 0 Å². The van der Waals surface area contributed by atoms with E-state index < -0.39 is 0 Å². The lowest BCUT2D eigenvalue weighted by Crippen LogP contribution is -2.41. The molecule has 0 aromatic carbocycles. The van der Waals surface area contributed by atoms with Crippen LogP contribution in [0, 0.1) is 5.92 Å². The van der Waals surface area contributed by atoms with Gasteiger partial charge in [-0.25, -0.2) is 4.99 Å². The minimum absolute atomic E-state index is 0. The first-order valence-electron chi connectivity index (χ1n) is 7.88. The number of hydrogen-bond acceptors (Lipinski definition) is 4. The molecule has 1 aliphatic heterocycles. The van der Waals surface area contributed by atoms with Gasteiger partial charge >= 0.3 is 0 Å². The Bertz CT molecular complexity index is 367. The molecule has 1 heterocycles. The van der Waals surface area contributed by atoms with Gasteiger partial charge in [-0.2, -0.15) is 0 Å². The molecule has 0 saturated carbocycles. The van der Waals surface area contributed by atoms with Crippen molar-refractivity contribution in [3.63, 3.8) is 0 Å². The average Bonchev–Trinajstić information content (AvgIpc) is 2.96. The van der Waals surface area contributed by atoms with Gasteiger partial charge in [-0.15, -0.1) is 24.0 Å². The van der Waals surface area contributed by atoms with Crippen LogP contribution in [-0.2, 0) is 14.3 Å². The number of nitrogens with one attached hydrogen (secondary N) is 1. The van der Waals surface area contributed by atoms with E-state index in [0.29, 0.717) is 19.1 Å². The second-order valence-corrected chi connectivity index (χ2v) is 5.63. The Morgan fingerprint density at radius 2 is 2.13 bits per heavy atom. The third-order valence-electron chi connectivity index (χ3n) is 3.57. The molecule has 1 amide bonds. The van der Waals surface area contributed by atoms with Crippen molar-refractivity contribution < 1.29 is 14.3 Å². The summed E-state index contributed by atoms with van der Waals surface area (Å²) in [7, 11) is 5.16. The van der Waals surface area contributed by atoms with Gasteiger partial charge < -0.3 is 24.6 Å². The van der Waals surface area contributed by atoms with E-state index in [1.165, 1.54) is 0 Å². The van der Waals surface area contributed by atoms with E-state index >= 15 is 0 Å². The molecular weight excluding hydrogens is 411 g/mol. The van der Waals surface area contributed by atoms with Crippen molar-refractivity contribution in [3.8, 4) is 0 Å². The number of carbonyl (C=O) groups excluding carboxylic acids is 1. The summed E-state index contributed by atoms with van der Waals surface area (Å²) in [4.78, 5) is 19.9. The highest BCUT2D eigenvalue weighted by atomic mass is 127. The first kappa shape index (κ1) is 22.4. The van der Waals surface area contributed by atoms with Crippen LogP contribution in [0.15, 0.2) is 4.99 Å². The van der Waals surface area contributed by atoms with Crippen LogP contribution in [0.3, 0.4) is 0 Å². The number of amides is 1. The van der Waals surface area contributed by atoms with Crippen LogP contribution in [0.5, 0.6) is 0 Å². The van der Waals surface area contributed by atoms with Gasteiger partial charge in [0.2, 0.25) is 5.91 Å². The summed E-state index contributed by atoms with van der Waals surface area (Å²) < 4.78 is 10.6. The predicted octanol–water partition coefficient (Wildman–Crippen LogP) is 0.643. The molecule has 7 nitrogen and oxygen atoms in total. The van der Waals surface area contributed by atoms with Crippen molar-refractivity contribution in [1.29, 1.82) is 0 Å². The molecule has 8 heteroatoms. The van der Waals surface area contributed by atoms with Gasteiger partial charge in [0.15, 0.2) is 5.96 Å². The summed E-state index contributed by atoms with van der Waals surface area (Å²) in [5, 5.41) is 3.26. The van der Waals surface area contributed by atoms with E-state index in [0.717, 1.165) is 38.6 Å². The van der Waals surface area contributed by atoms with Crippen LogP contribution in [0.1, 0.15) is 13.3 Å². The lowest BCUT2D eigenvalue weighted by Gasteiger charge is -2.22. The Morgan fingerprint density at radius 3 is 2.74 bits per heavy atom. The number of hydrogen-bond donors (Lipinski definition) is 1. The maximum atomic E-state index is 11.7. The molecule has 0 aliphatic carbocycles. The quantitative estimate of drug-likeness (QED) is 0.259. The van der Waals surface area contributed by atoms with Crippen molar-refractivity contribution in [2.45, 2.75) is 13.3 Å². The summed E-state index contributed by atoms with van der Waals surface area (Å²) >= 11 is 0. The topological polar surface area (TPSA) is 66.4 Å². The fourth-order valence-electron chi connectivity index (χ4n) is 2.26. The van der Waals surface area contributed by atoms with Crippen molar-refractivity contribution >= 4 is 35.8 Å². The first-order valence-corrected chi connectivity index (χ1v) is 7.88. The molecule has 23 heavy (non-hydrogen) atoms. The molecular formula is C15H31IN4O3. The molecule has 0 aromatic rings. The normalized spacial score (nSPS) is 17.8. The van der Waals surface area contributed by atoms with Crippen LogP contribution >= 0.6 is 24.0 Å². The van der Waals surface area contributed by atoms with Crippen LogP contribution in [0.2, 0.25) is 0 Å². The monoisotopic (exact) mass is 442 g/mol. The number of carbonyl (C=O) groups is 1. The van der Waals surface area contributed by atoms with Crippen LogP contribution < -0.4 is 5.32 Å². The van der Waals surface area contributed by atoms with Crippen molar-refractivity contribution in [1.82, 2.24) is 15.1 Å². The molecule has 1 rings (SSSR count). The minimum Gasteiger partial charge on any atom is -0.382 e. The standard InChI is InChI=1S/C15H30N4O3.HI/c1-5-16-15(17-10-14(20)18(2)3)19-7-6-13(11-19)12-22-9-8-21-4;/h13H,5-12H2,1-4H3,(H,16,17);1H. The molecule has 1 N–H and O–H groups in total. The average molecular weight is 442 g/mol. The number of likely N-dealkylation sites (tertiary alicyclic amines) is 1. The van der Waals surface area contributed by atoms with E-state index in [1.807, 2.05) is 6.92 Å². The molecule has 1 aliphatic rings. The van der Waals surface area contributed by atoms with E-state index in [2.05, 4.69) is 15.2 Å². The van der Waals surface area contributed by atoms with Crippen LogP contribution in [-0.4, -0.2) is 88.9 Å². The van der Waals surface area contributed by atoms with Gasteiger partial charge in [-0.1, -0.05) is 0 Å². The molecule has 0 spiro atoms. The third-order valence-corrected chi connectivity index (χ3v) is 3.57. The maximum absolute atomic E-state index is 11.7. The van der Waals surface area contributed by atoms with Gasteiger partial charge in [-0.3, -0.25) is 4.79 Å². The SMILES string of the molecule is CCNC(=NCC(=O)N(C)C)N1CCC(COCCOC)C1.I.